The van der Waals surface area contributed by atoms with Crippen LogP contribution in [0, 0.1) is 12.7 Å². The molecule has 1 saturated heterocycles. The van der Waals surface area contributed by atoms with E-state index in [0.29, 0.717) is 30.5 Å². The van der Waals surface area contributed by atoms with E-state index in [1.165, 1.54) is 6.07 Å². The Balaban J connectivity index is 1.33. The largest absolute Gasteiger partial charge is 0.398 e. The summed E-state index contributed by atoms with van der Waals surface area (Å²) in [5.41, 5.74) is 7.58. The molecule has 4 N–H and O–H groups in total. The van der Waals surface area contributed by atoms with Crippen LogP contribution in [0.4, 0.5) is 15.8 Å². The summed E-state index contributed by atoms with van der Waals surface area (Å²) in [6, 6.07) is 9.17. The predicted octanol–water partition coefficient (Wildman–Crippen LogP) is 2.14. The minimum absolute atomic E-state index is 0.0859. The summed E-state index contributed by atoms with van der Waals surface area (Å²) in [6.07, 6.45) is 1.95. The van der Waals surface area contributed by atoms with Crippen LogP contribution < -0.4 is 21.3 Å². The zero-order valence-electron chi connectivity index (χ0n) is 16.6. The van der Waals surface area contributed by atoms with Crippen molar-refractivity contribution in [3.8, 4) is 0 Å². The number of amides is 3. The maximum Gasteiger partial charge on any atom is 0.256 e. The van der Waals surface area contributed by atoms with Crippen LogP contribution in [-0.4, -0.2) is 36.3 Å². The quantitative estimate of drug-likeness (QED) is 0.657. The molecule has 4 rings (SSSR count). The molecule has 2 fully saturated rings. The fourth-order valence-electron chi connectivity index (χ4n) is 3.73. The highest BCUT2D eigenvalue weighted by molar-refractivity contribution is 6.00. The lowest BCUT2D eigenvalue weighted by atomic mass is 10.1. The van der Waals surface area contributed by atoms with Crippen LogP contribution in [0.3, 0.4) is 0 Å². The number of nitrogen functional groups attached to an aromatic ring is 1. The molecule has 3 amide bonds. The Labute approximate surface area is 173 Å². The van der Waals surface area contributed by atoms with Gasteiger partial charge in [-0.1, -0.05) is 0 Å². The molecule has 1 heterocycles. The Bertz CT molecular complexity index is 999. The fraction of sp³-hybridized carbons (Fsp3) is 0.318. The van der Waals surface area contributed by atoms with E-state index < -0.39 is 11.7 Å². The molecule has 7 nitrogen and oxygen atoms in total. The van der Waals surface area contributed by atoms with Crippen LogP contribution in [0.1, 0.15) is 45.5 Å². The van der Waals surface area contributed by atoms with E-state index in [1.54, 1.807) is 42.2 Å². The molecule has 1 aliphatic carbocycles. The number of anilines is 2. The normalized spacial score (nSPS) is 20.2. The van der Waals surface area contributed by atoms with Crippen LogP contribution in [0.5, 0.6) is 0 Å². The second kappa shape index (κ2) is 7.78. The van der Waals surface area contributed by atoms with Crippen LogP contribution in [0.2, 0.25) is 0 Å². The first-order valence-electron chi connectivity index (χ1n) is 9.91. The Morgan fingerprint density at radius 1 is 1.10 bits per heavy atom. The van der Waals surface area contributed by atoms with Crippen LogP contribution in [-0.2, 0) is 4.79 Å². The lowest BCUT2D eigenvalue weighted by Gasteiger charge is -2.15. The van der Waals surface area contributed by atoms with Crippen LogP contribution in [0.15, 0.2) is 36.4 Å². The number of nitrogens with zero attached hydrogens (tertiary/aromatic N) is 1. The fourth-order valence-corrected chi connectivity index (χ4v) is 3.73. The second-order valence-electron chi connectivity index (χ2n) is 7.80. The van der Waals surface area contributed by atoms with Crippen LogP contribution >= 0.6 is 0 Å². The Morgan fingerprint density at radius 3 is 2.37 bits per heavy atom. The molecule has 30 heavy (non-hydrogen) atoms. The minimum Gasteiger partial charge on any atom is -0.398 e. The van der Waals surface area contributed by atoms with Gasteiger partial charge in [-0.15, -0.1) is 0 Å². The SMILES string of the molecule is Cc1cc(N)c(C(=O)N[C@H]2C[C@@H]2NC(=O)c2ccc(N3CCCC3=O)cc2)c(F)c1. The van der Waals surface area contributed by atoms with Crippen molar-refractivity contribution in [1.29, 1.82) is 0 Å². The van der Waals surface area contributed by atoms with Gasteiger partial charge in [0.1, 0.15) is 5.82 Å². The lowest BCUT2D eigenvalue weighted by molar-refractivity contribution is -0.117. The molecule has 0 bridgehead atoms. The molecule has 0 unspecified atom stereocenters. The van der Waals surface area contributed by atoms with Gasteiger partial charge in [0, 0.05) is 29.9 Å². The Morgan fingerprint density at radius 2 is 1.77 bits per heavy atom. The van der Waals surface area contributed by atoms with Gasteiger partial charge in [0.15, 0.2) is 0 Å². The van der Waals surface area contributed by atoms with Crippen molar-refractivity contribution >= 4 is 29.1 Å². The first kappa shape index (κ1) is 19.9. The van der Waals surface area contributed by atoms with Crippen molar-refractivity contribution in [1.82, 2.24) is 10.6 Å². The van der Waals surface area contributed by atoms with E-state index in [0.717, 1.165) is 12.1 Å². The van der Waals surface area contributed by atoms with Gasteiger partial charge in [0.25, 0.3) is 11.8 Å². The number of carbonyl (C=O) groups is 3. The smallest absolute Gasteiger partial charge is 0.256 e. The van der Waals surface area contributed by atoms with Crippen molar-refractivity contribution in [2.24, 2.45) is 0 Å². The van der Waals surface area contributed by atoms with Crippen LogP contribution in [0.25, 0.3) is 0 Å². The van der Waals surface area contributed by atoms with E-state index in [2.05, 4.69) is 10.6 Å². The highest BCUT2D eigenvalue weighted by atomic mass is 19.1. The number of hydrogen-bond donors (Lipinski definition) is 3. The monoisotopic (exact) mass is 410 g/mol. The summed E-state index contributed by atoms with van der Waals surface area (Å²) in [7, 11) is 0. The third kappa shape index (κ3) is 3.98. The summed E-state index contributed by atoms with van der Waals surface area (Å²) < 4.78 is 14.1. The molecular formula is C22H23FN4O3. The van der Waals surface area contributed by atoms with Gasteiger partial charge < -0.3 is 21.3 Å². The van der Waals surface area contributed by atoms with E-state index in [1.807, 2.05) is 0 Å². The van der Waals surface area contributed by atoms with Crippen molar-refractivity contribution in [3.63, 3.8) is 0 Å². The summed E-state index contributed by atoms with van der Waals surface area (Å²) in [4.78, 5) is 38.3. The first-order chi connectivity index (χ1) is 14.3. The van der Waals surface area contributed by atoms with Gasteiger partial charge in [-0.3, -0.25) is 14.4 Å². The van der Waals surface area contributed by atoms with Crippen molar-refractivity contribution in [2.75, 3.05) is 17.2 Å². The van der Waals surface area contributed by atoms with Crippen molar-refractivity contribution < 1.29 is 18.8 Å². The zero-order chi connectivity index (χ0) is 21.4. The zero-order valence-corrected chi connectivity index (χ0v) is 16.6. The van der Waals surface area contributed by atoms with Crippen molar-refractivity contribution in [3.05, 3.63) is 58.9 Å². The molecule has 0 aromatic heterocycles. The first-order valence-corrected chi connectivity index (χ1v) is 9.91. The van der Waals surface area contributed by atoms with E-state index in [-0.39, 0.29) is 35.1 Å². The third-order valence-corrected chi connectivity index (χ3v) is 5.43. The van der Waals surface area contributed by atoms with E-state index >= 15 is 0 Å². The molecule has 2 aliphatic rings. The van der Waals surface area contributed by atoms with Gasteiger partial charge in [-0.25, -0.2) is 4.39 Å². The summed E-state index contributed by atoms with van der Waals surface area (Å²) in [5, 5.41) is 5.57. The summed E-state index contributed by atoms with van der Waals surface area (Å²) >= 11 is 0. The molecule has 8 heteroatoms. The van der Waals surface area contributed by atoms with Gasteiger partial charge in [-0.2, -0.15) is 0 Å². The Hall–Kier alpha value is -3.42. The molecular weight excluding hydrogens is 387 g/mol. The maximum atomic E-state index is 14.1. The molecule has 0 radical (unpaired) electrons. The maximum absolute atomic E-state index is 14.1. The number of nitrogens with two attached hydrogens (primary N) is 1. The minimum atomic E-state index is -0.664. The number of carbonyl (C=O) groups excluding carboxylic acids is 3. The third-order valence-electron chi connectivity index (χ3n) is 5.43. The molecule has 2 aromatic carbocycles. The van der Waals surface area contributed by atoms with E-state index in [4.69, 9.17) is 5.73 Å². The molecule has 156 valence electrons. The highest BCUT2D eigenvalue weighted by Gasteiger charge is 2.40. The standard InChI is InChI=1S/C22H23FN4O3/c1-12-9-15(23)20(16(24)10-12)22(30)26-18-11-17(18)25-21(29)13-4-6-14(7-5-13)27-8-2-3-19(27)28/h4-7,9-10,17-18H,2-3,8,11,24H2,1H3,(H,25,29)(H,26,30)/t17-,18-/m0/s1. The average Bonchev–Trinajstić information content (AvgIpc) is 3.25. The second-order valence-corrected chi connectivity index (χ2v) is 7.80. The highest BCUT2D eigenvalue weighted by Crippen LogP contribution is 2.25. The molecule has 1 saturated carbocycles. The average molecular weight is 410 g/mol. The molecule has 1 aliphatic heterocycles. The molecule has 0 spiro atoms. The number of aryl methyl sites for hydroxylation is 1. The predicted molar refractivity (Wildman–Crippen MR) is 111 cm³/mol. The number of benzene rings is 2. The lowest BCUT2D eigenvalue weighted by Crippen LogP contribution is -2.35. The number of nitrogens with one attached hydrogen (secondary N) is 2. The summed E-state index contributed by atoms with van der Waals surface area (Å²) in [5.74, 6) is -1.43. The van der Waals surface area contributed by atoms with Gasteiger partial charge >= 0.3 is 0 Å². The number of rotatable bonds is 5. The van der Waals surface area contributed by atoms with Gasteiger partial charge in [-0.05, 0) is 61.7 Å². The van der Waals surface area contributed by atoms with E-state index in [9.17, 15) is 18.8 Å². The topological polar surface area (TPSA) is 105 Å². The number of hydrogen-bond acceptors (Lipinski definition) is 4. The van der Waals surface area contributed by atoms with Crippen molar-refractivity contribution in [2.45, 2.75) is 38.3 Å². The summed E-state index contributed by atoms with van der Waals surface area (Å²) in [6.45, 7) is 2.39. The molecule has 2 aromatic rings. The molecule has 2 atom stereocenters. The Kier molecular flexibility index (Phi) is 5.15. The van der Waals surface area contributed by atoms with Gasteiger partial charge in [0.05, 0.1) is 17.6 Å². The number of halogens is 1. The van der Waals surface area contributed by atoms with Gasteiger partial charge in [0.2, 0.25) is 5.91 Å².